The van der Waals surface area contributed by atoms with Gasteiger partial charge in [-0.1, -0.05) is 31.4 Å². The Morgan fingerprint density at radius 1 is 1.18 bits per heavy atom. The number of hydrogen-bond acceptors (Lipinski definition) is 3. The first-order chi connectivity index (χ1) is 10.8. The molecule has 1 aromatic carbocycles. The van der Waals surface area contributed by atoms with E-state index in [-0.39, 0.29) is 5.91 Å². The Kier molecular flexibility index (Phi) is 5.57. The minimum absolute atomic E-state index is 0.0836. The molecule has 1 amide bonds. The predicted octanol–water partition coefficient (Wildman–Crippen LogP) is 5.10. The van der Waals surface area contributed by atoms with Crippen LogP contribution in [0, 0.1) is 0 Å². The fourth-order valence-electron chi connectivity index (χ4n) is 2.83. The molecule has 0 bridgehead atoms. The molecule has 1 fully saturated rings. The Labute approximate surface area is 140 Å². The highest BCUT2D eigenvalue weighted by molar-refractivity contribution is 7.98. The van der Waals surface area contributed by atoms with E-state index < -0.39 is 0 Å². The van der Waals surface area contributed by atoms with Crippen molar-refractivity contribution in [2.24, 2.45) is 0 Å². The number of thioether (sulfide) groups is 1. The van der Waals surface area contributed by atoms with E-state index >= 15 is 0 Å². The van der Waals surface area contributed by atoms with E-state index in [1.54, 1.807) is 23.1 Å². The molecule has 1 aliphatic carbocycles. The second-order valence-corrected chi connectivity index (χ2v) is 7.52. The molecular weight excluding hydrogens is 310 g/mol. The molecule has 3 rings (SSSR count). The lowest BCUT2D eigenvalue weighted by atomic mass is 9.95. The Bertz CT molecular complexity index is 603. The summed E-state index contributed by atoms with van der Waals surface area (Å²) in [5.41, 5.74) is 2.13. The van der Waals surface area contributed by atoms with Gasteiger partial charge in [0.15, 0.2) is 0 Å². The lowest BCUT2D eigenvalue weighted by Gasteiger charge is -2.23. The Morgan fingerprint density at radius 3 is 2.77 bits per heavy atom. The first-order valence-corrected chi connectivity index (χ1v) is 9.79. The van der Waals surface area contributed by atoms with Crippen LogP contribution in [0.15, 0.2) is 46.0 Å². The van der Waals surface area contributed by atoms with Crippen LogP contribution in [0.25, 0.3) is 0 Å². The molecule has 0 aliphatic heterocycles. The summed E-state index contributed by atoms with van der Waals surface area (Å²) in [7, 11) is 0. The fourth-order valence-corrected chi connectivity index (χ4v) is 4.59. The van der Waals surface area contributed by atoms with E-state index in [4.69, 9.17) is 0 Å². The van der Waals surface area contributed by atoms with Crippen molar-refractivity contribution in [1.29, 1.82) is 0 Å². The lowest BCUT2D eigenvalue weighted by molar-refractivity contribution is 0.0925. The van der Waals surface area contributed by atoms with Gasteiger partial charge in [0.1, 0.15) is 0 Å². The van der Waals surface area contributed by atoms with Crippen molar-refractivity contribution in [2.45, 2.75) is 48.8 Å². The van der Waals surface area contributed by atoms with Crippen LogP contribution in [0.1, 0.15) is 48.0 Å². The third kappa shape index (κ3) is 4.14. The molecule has 22 heavy (non-hydrogen) atoms. The van der Waals surface area contributed by atoms with Gasteiger partial charge in [0.05, 0.1) is 5.56 Å². The van der Waals surface area contributed by atoms with Gasteiger partial charge in [-0.25, -0.2) is 0 Å². The summed E-state index contributed by atoms with van der Waals surface area (Å²) in [5.74, 6) is 0.998. The predicted molar refractivity (Wildman–Crippen MR) is 94.7 cm³/mol. The molecule has 0 atom stereocenters. The van der Waals surface area contributed by atoms with E-state index in [0.29, 0.717) is 6.04 Å². The quantitative estimate of drug-likeness (QED) is 0.772. The average molecular weight is 332 g/mol. The Morgan fingerprint density at radius 2 is 2.00 bits per heavy atom. The SMILES string of the molecule is O=C(NC1CCCCC1)c1ccccc1SCc1ccsc1. The summed E-state index contributed by atoms with van der Waals surface area (Å²) >= 11 is 3.46. The van der Waals surface area contributed by atoms with Crippen LogP contribution in [0.3, 0.4) is 0 Å². The van der Waals surface area contributed by atoms with Crippen LogP contribution in [-0.4, -0.2) is 11.9 Å². The summed E-state index contributed by atoms with van der Waals surface area (Å²) in [4.78, 5) is 13.6. The molecule has 1 N–H and O–H groups in total. The maximum atomic E-state index is 12.6. The van der Waals surface area contributed by atoms with Crippen molar-refractivity contribution in [1.82, 2.24) is 5.32 Å². The second kappa shape index (κ2) is 7.84. The van der Waals surface area contributed by atoms with E-state index in [9.17, 15) is 4.79 Å². The largest absolute Gasteiger partial charge is 0.349 e. The van der Waals surface area contributed by atoms with Crippen LogP contribution in [0.4, 0.5) is 0 Å². The van der Waals surface area contributed by atoms with Gasteiger partial charge >= 0.3 is 0 Å². The summed E-state index contributed by atoms with van der Waals surface area (Å²) in [6.45, 7) is 0. The molecule has 0 radical (unpaired) electrons. The van der Waals surface area contributed by atoms with Crippen LogP contribution in [0.5, 0.6) is 0 Å². The molecule has 116 valence electrons. The summed E-state index contributed by atoms with van der Waals surface area (Å²) in [5, 5.41) is 7.48. The van der Waals surface area contributed by atoms with Gasteiger partial charge in [-0.2, -0.15) is 11.3 Å². The zero-order chi connectivity index (χ0) is 15.2. The highest BCUT2D eigenvalue weighted by Crippen LogP contribution is 2.27. The van der Waals surface area contributed by atoms with Gasteiger partial charge in [-0.3, -0.25) is 4.79 Å². The second-order valence-electron chi connectivity index (χ2n) is 5.72. The van der Waals surface area contributed by atoms with E-state index in [1.165, 1.54) is 24.8 Å². The third-order valence-corrected chi connectivity index (χ3v) is 5.92. The normalized spacial score (nSPS) is 15.6. The fraction of sp³-hybridized carbons (Fsp3) is 0.389. The third-order valence-electron chi connectivity index (χ3n) is 4.05. The first kappa shape index (κ1) is 15.6. The molecule has 0 saturated heterocycles. The Balaban J connectivity index is 1.65. The summed E-state index contributed by atoms with van der Waals surface area (Å²) in [6.07, 6.45) is 6.02. The lowest BCUT2D eigenvalue weighted by Crippen LogP contribution is -2.36. The maximum Gasteiger partial charge on any atom is 0.252 e. The van der Waals surface area contributed by atoms with Gasteiger partial charge in [0.25, 0.3) is 5.91 Å². The monoisotopic (exact) mass is 331 g/mol. The molecule has 0 unspecified atom stereocenters. The maximum absolute atomic E-state index is 12.6. The van der Waals surface area contributed by atoms with Gasteiger partial charge in [-0.15, -0.1) is 11.8 Å². The summed E-state index contributed by atoms with van der Waals surface area (Å²) in [6, 6.07) is 10.4. The zero-order valence-corrected chi connectivity index (χ0v) is 14.2. The van der Waals surface area contributed by atoms with Crippen molar-refractivity contribution in [3.05, 3.63) is 52.2 Å². The van der Waals surface area contributed by atoms with E-state index in [1.807, 2.05) is 24.3 Å². The van der Waals surface area contributed by atoms with Crippen molar-refractivity contribution in [3.8, 4) is 0 Å². The smallest absolute Gasteiger partial charge is 0.252 e. The molecule has 2 aromatic rings. The highest BCUT2D eigenvalue weighted by atomic mass is 32.2. The minimum Gasteiger partial charge on any atom is -0.349 e. The standard InChI is InChI=1S/C18H21NOS2/c20-18(19-15-6-2-1-3-7-15)16-8-4-5-9-17(16)22-13-14-10-11-21-12-14/h4-5,8-12,15H,1-3,6-7,13H2,(H,19,20). The van der Waals surface area contributed by atoms with E-state index in [0.717, 1.165) is 29.1 Å². The van der Waals surface area contributed by atoms with Gasteiger partial charge in [0.2, 0.25) is 0 Å². The minimum atomic E-state index is 0.0836. The first-order valence-electron chi connectivity index (χ1n) is 7.87. The van der Waals surface area contributed by atoms with Crippen LogP contribution >= 0.6 is 23.1 Å². The van der Waals surface area contributed by atoms with Crippen molar-refractivity contribution in [3.63, 3.8) is 0 Å². The number of amides is 1. The molecule has 0 spiro atoms. The van der Waals surface area contributed by atoms with Crippen LogP contribution in [0.2, 0.25) is 0 Å². The number of thiophene rings is 1. The van der Waals surface area contributed by atoms with E-state index in [2.05, 4.69) is 22.1 Å². The number of carbonyl (C=O) groups excluding carboxylic acids is 1. The van der Waals surface area contributed by atoms with Crippen LogP contribution in [-0.2, 0) is 5.75 Å². The number of benzene rings is 1. The summed E-state index contributed by atoms with van der Waals surface area (Å²) < 4.78 is 0. The molecule has 1 heterocycles. The van der Waals surface area contributed by atoms with Crippen LogP contribution < -0.4 is 5.32 Å². The number of rotatable bonds is 5. The van der Waals surface area contributed by atoms with Gasteiger partial charge in [0, 0.05) is 16.7 Å². The zero-order valence-electron chi connectivity index (χ0n) is 12.6. The molecule has 4 heteroatoms. The average Bonchev–Trinajstić information content (AvgIpc) is 3.07. The molecule has 1 aliphatic rings. The van der Waals surface area contributed by atoms with Crippen molar-refractivity contribution >= 4 is 29.0 Å². The molecule has 2 nitrogen and oxygen atoms in total. The number of hydrogen-bond donors (Lipinski definition) is 1. The van der Waals surface area contributed by atoms with Crippen molar-refractivity contribution < 1.29 is 4.79 Å². The van der Waals surface area contributed by atoms with Gasteiger partial charge < -0.3 is 5.32 Å². The highest BCUT2D eigenvalue weighted by Gasteiger charge is 2.18. The molecular formula is C18H21NOS2. The van der Waals surface area contributed by atoms with Crippen molar-refractivity contribution in [2.75, 3.05) is 0 Å². The number of nitrogens with one attached hydrogen (secondary N) is 1. The molecule has 1 aromatic heterocycles. The topological polar surface area (TPSA) is 29.1 Å². The number of carbonyl (C=O) groups is 1. The van der Waals surface area contributed by atoms with Gasteiger partial charge in [-0.05, 0) is 47.4 Å². The Hall–Kier alpha value is -1.26. The molecule has 1 saturated carbocycles.